The van der Waals surface area contributed by atoms with Crippen molar-refractivity contribution >= 4 is 0 Å². The fourth-order valence-electron chi connectivity index (χ4n) is 0. The molecule has 0 saturated heterocycles. The van der Waals surface area contributed by atoms with E-state index in [1.54, 1.807) is 27.7 Å². The molecule has 128 valence electrons. The topological polar surface area (TPSA) is 305 Å². The Balaban J connectivity index is -0.00000000533. The molecule has 0 aliphatic heterocycles. The van der Waals surface area contributed by atoms with Crippen LogP contribution in [0.5, 0.6) is 0 Å². The van der Waals surface area contributed by atoms with E-state index in [-0.39, 0.29) is 62.7 Å². The molecule has 0 heterocycles. The molecule has 0 aliphatic rings. The molecular weight excluding hydrogens is 246 g/mol. The first kappa shape index (κ1) is 84.0. The molecule has 0 aromatic carbocycles. The van der Waals surface area contributed by atoms with E-state index in [1.807, 2.05) is 0 Å². The third-order valence-electron chi connectivity index (χ3n) is 0. The van der Waals surface area contributed by atoms with Gasteiger partial charge in [0, 0.05) is 0 Å². The monoisotopic (exact) mass is 287 g/mol. The van der Waals surface area contributed by atoms with E-state index in [0.29, 0.717) is 0 Å². The van der Waals surface area contributed by atoms with E-state index in [4.69, 9.17) is 20.4 Å². The Labute approximate surface area is 112 Å². The highest BCUT2D eigenvalue weighted by Gasteiger charge is 1.17. The van der Waals surface area contributed by atoms with Crippen molar-refractivity contribution in [3.63, 3.8) is 0 Å². The lowest BCUT2D eigenvalue weighted by atomic mass is 10.9. The number of quaternary nitrogens is 5. The molecule has 0 aliphatic carbocycles. The maximum absolute atomic E-state index is 8.93. The van der Waals surface area contributed by atoms with Crippen LogP contribution < -0.4 is 51.2 Å². The van der Waals surface area contributed by atoms with Crippen LogP contribution in [-0.2, 0) is 0 Å². The largest absolute Gasteiger partial charge is 0.870 e. The summed E-state index contributed by atoms with van der Waals surface area (Å²) in [5.74, 6) is 0. The van der Waals surface area contributed by atoms with E-state index in [9.17, 15) is 0 Å². The predicted molar refractivity (Wildman–Crippen MR) is 74.0 cm³/mol. The first-order valence-corrected chi connectivity index (χ1v) is 3.98. The fraction of sp³-hybridized carbons (Fsp3) is 1.00. The SMILES string of the molecule is CC[O-].CC[O-].CC[O-].CC[O-].[NH4+].[NH4+].[NH4+].[NH4+].[NH4+].[OH-]. The van der Waals surface area contributed by atoms with Crippen LogP contribution in [0.3, 0.4) is 0 Å². The number of hydrogen-bond acceptors (Lipinski definition) is 5. The Morgan fingerprint density at radius 3 is 0.444 bits per heavy atom. The van der Waals surface area contributed by atoms with Gasteiger partial charge in [-0.25, -0.2) is 0 Å². The lowest BCUT2D eigenvalue weighted by Crippen LogP contribution is -1.97. The van der Waals surface area contributed by atoms with Gasteiger partial charge in [-0.05, 0) is 0 Å². The molecule has 21 N–H and O–H groups in total. The lowest BCUT2D eigenvalue weighted by Gasteiger charge is -1.79. The summed E-state index contributed by atoms with van der Waals surface area (Å²) in [7, 11) is 0. The van der Waals surface area contributed by atoms with Crippen LogP contribution in [0.1, 0.15) is 27.7 Å². The smallest absolute Gasteiger partial charge is 0.0809 e. The van der Waals surface area contributed by atoms with Crippen molar-refractivity contribution < 1.29 is 25.9 Å². The zero-order valence-corrected chi connectivity index (χ0v) is 13.9. The molecule has 0 radical (unpaired) electrons. The van der Waals surface area contributed by atoms with Gasteiger partial charge in [0.25, 0.3) is 0 Å². The van der Waals surface area contributed by atoms with Crippen molar-refractivity contribution in [2.24, 2.45) is 0 Å². The second kappa shape index (κ2) is 312. The van der Waals surface area contributed by atoms with Gasteiger partial charge in [0.15, 0.2) is 0 Å². The highest BCUT2D eigenvalue weighted by atomic mass is 16.3. The van der Waals surface area contributed by atoms with Gasteiger partial charge in [-0.2, -0.15) is 0 Å². The molecule has 10 heteroatoms. The first-order chi connectivity index (χ1) is 5.66. The summed E-state index contributed by atoms with van der Waals surface area (Å²) in [6.07, 6.45) is 0. The summed E-state index contributed by atoms with van der Waals surface area (Å²) in [6, 6.07) is 0. The average Bonchev–Trinajstić information content (AvgIpc) is 1.92. The molecule has 0 atom stereocenters. The highest BCUT2D eigenvalue weighted by molar-refractivity contribution is 3.80. The molecule has 0 aromatic heterocycles. The van der Waals surface area contributed by atoms with Crippen molar-refractivity contribution in [3.8, 4) is 0 Å². The van der Waals surface area contributed by atoms with Crippen molar-refractivity contribution in [1.29, 1.82) is 0 Å². The van der Waals surface area contributed by atoms with Crippen molar-refractivity contribution in [1.82, 2.24) is 30.8 Å². The summed E-state index contributed by atoms with van der Waals surface area (Å²) in [5, 5.41) is 35.7. The quantitative estimate of drug-likeness (QED) is 0.379. The van der Waals surface area contributed by atoms with Gasteiger partial charge in [-0.3, -0.25) is 0 Å². The third kappa shape index (κ3) is 20800. The molecule has 0 saturated carbocycles. The van der Waals surface area contributed by atoms with Crippen LogP contribution in [0.2, 0.25) is 0 Å². The van der Waals surface area contributed by atoms with Gasteiger partial charge >= 0.3 is 0 Å². The molecule has 18 heavy (non-hydrogen) atoms. The number of rotatable bonds is 0. The van der Waals surface area contributed by atoms with E-state index < -0.39 is 0 Å². The third-order valence-corrected chi connectivity index (χ3v) is 0. The van der Waals surface area contributed by atoms with E-state index in [1.165, 1.54) is 0 Å². The van der Waals surface area contributed by atoms with Crippen molar-refractivity contribution in [3.05, 3.63) is 0 Å². The van der Waals surface area contributed by atoms with E-state index >= 15 is 0 Å². The van der Waals surface area contributed by atoms with Crippen LogP contribution in [0.4, 0.5) is 0 Å². The van der Waals surface area contributed by atoms with Crippen molar-refractivity contribution in [2.45, 2.75) is 27.7 Å². The number of hydrogen-bond donors (Lipinski definition) is 5. The van der Waals surface area contributed by atoms with Gasteiger partial charge in [0.05, 0.1) is 0 Å². The second-order valence-corrected chi connectivity index (χ2v) is 1.15. The predicted octanol–water partition coefficient (Wildman–Crippen LogP) is -0.829. The molecule has 10 nitrogen and oxygen atoms in total. The Kier molecular flexibility index (Phi) is 1450. The molecule has 0 unspecified atom stereocenters. The second-order valence-electron chi connectivity index (χ2n) is 1.15. The van der Waals surface area contributed by atoms with Crippen LogP contribution in [0.15, 0.2) is 0 Å². The minimum Gasteiger partial charge on any atom is -0.870 e. The maximum atomic E-state index is 8.93. The Morgan fingerprint density at radius 2 is 0.444 bits per heavy atom. The average molecular weight is 287 g/mol. The summed E-state index contributed by atoms with van der Waals surface area (Å²) >= 11 is 0. The maximum Gasteiger partial charge on any atom is -0.0809 e. The van der Waals surface area contributed by atoms with E-state index in [2.05, 4.69) is 0 Å². The molecule has 0 rings (SSSR count). The summed E-state index contributed by atoms with van der Waals surface area (Å²) in [6.45, 7) is 6.28. The zero-order chi connectivity index (χ0) is 10.8. The minimum atomic E-state index is 0. The summed E-state index contributed by atoms with van der Waals surface area (Å²) in [4.78, 5) is 0. The van der Waals surface area contributed by atoms with Crippen molar-refractivity contribution in [2.75, 3.05) is 26.4 Å². The van der Waals surface area contributed by atoms with Gasteiger partial charge in [-0.15, -0.1) is 26.4 Å². The lowest BCUT2D eigenvalue weighted by molar-refractivity contribution is -0.362. The normalized spacial score (nSPS) is 4.00. The molecule has 0 aromatic rings. The Morgan fingerprint density at radius 1 is 0.444 bits per heavy atom. The standard InChI is InChI=1S/4C2H5O.5H3N.H2O/c4*1-2-3;;;;;;/h4*2H2,1H3;5*1H3;1H2/q4*-1;;;;;;/p+4. The van der Waals surface area contributed by atoms with Gasteiger partial charge in [0.1, 0.15) is 0 Å². The zero-order valence-electron chi connectivity index (χ0n) is 13.9. The summed E-state index contributed by atoms with van der Waals surface area (Å²) < 4.78 is 0. The highest BCUT2D eigenvalue weighted by Crippen LogP contribution is 1.19. The molecule has 0 bridgehead atoms. The minimum absolute atomic E-state index is 0. The van der Waals surface area contributed by atoms with Gasteiger partial charge in [-0.1, -0.05) is 27.7 Å². The summed E-state index contributed by atoms with van der Waals surface area (Å²) in [5.41, 5.74) is 0. The Bertz CT molecular complexity index is 35.8. The first-order valence-electron chi connectivity index (χ1n) is 3.98. The van der Waals surface area contributed by atoms with Crippen LogP contribution in [-0.4, -0.2) is 31.9 Å². The fourth-order valence-corrected chi connectivity index (χ4v) is 0. The van der Waals surface area contributed by atoms with Gasteiger partial charge < -0.3 is 56.7 Å². The van der Waals surface area contributed by atoms with Gasteiger partial charge in [0.2, 0.25) is 0 Å². The molecule has 0 amide bonds. The van der Waals surface area contributed by atoms with Crippen LogP contribution in [0, 0.1) is 0 Å². The van der Waals surface area contributed by atoms with E-state index in [0.717, 1.165) is 0 Å². The molecule has 0 spiro atoms. The van der Waals surface area contributed by atoms with Crippen LogP contribution in [0.25, 0.3) is 0 Å². The molecule has 0 fully saturated rings. The Hall–Kier alpha value is -0.400. The molecular formula is C8H41N5O5. The van der Waals surface area contributed by atoms with Crippen LogP contribution >= 0.6 is 0 Å².